The number of rotatable bonds is 5. The monoisotopic (exact) mass is 345 g/mol. The van der Waals surface area contributed by atoms with Gasteiger partial charge in [0.15, 0.2) is 5.82 Å². The van der Waals surface area contributed by atoms with E-state index in [1.54, 1.807) is 13.1 Å². The minimum Gasteiger partial charge on any atom is -0.386 e. The van der Waals surface area contributed by atoms with Crippen LogP contribution < -0.4 is 5.32 Å². The molecule has 0 spiro atoms. The molecule has 0 aliphatic rings. The van der Waals surface area contributed by atoms with Crippen LogP contribution in [0.2, 0.25) is 0 Å². The van der Waals surface area contributed by atoms with E-state index in [0.717, 1.165) is 22.0 Å². The van der Waals surface area contributed by atoms with Gasteiger partial charge in [-0.3, -0.25) is 0 Å². The molecule has 0 heterocycles. The van der Waals surface area contributed by atoms with Crippen molar-refractivity contribution in [2.75, 3.05) is 12.4 Å². The van der Waals surface area contributed by atoms with Gasteiger partial charge >= 0.3 is 0 Å². The smallest absolute Gasteiger partial charge is 0.154 e. The van der Waals surface area contributed by atoms with Crippen LogP contribution in [-0.2, 0) is 0 Å². The molecule has 0 aliphatic heterocycles. The van der Waals surface area contributed by atoms with Gasteiger partial charge in [-0.2, -0.15) is 0 Å². The Bertz CT molecular complexity index is 438. The van der Waals surface area contributed by atoms with Crippen LogP contribution in [0.15, 0.2) is 30.9 Å². The highest BCUT2D eigenvalue weighted by Gasteiger charge is 2.14. The second kappa shape index (κ2) is 6.79. The Balaban J connectivity index is 3.22. The molecule has 0 bridgehead atoms. The van der Waals surface area contributed by atoms with Crippen LogP contribution in [0.3, 0.4) is 0 Å². The SMILES string of the molecule is C=CCC/C(=C\C)c1c(I)ccc(NC)c1F. The van der Waals surface area contributed by atoms with E-state index >= 15 is 0 Å². The molecule has 1 aromatic carbocycles. The van der Waals surface area contributed by atoms with Crippen molar-refractivity contribution >= 4 is 33.9 Å². The lowest BCUT2D eigenvalue weighted by Gasteiger charge is -2.13. The number of benzene rings is 1. The predicted octanol–water partition coefficient (Wildman–Crippen LogP) is 4.84. The Labute approximate surface area is 116 Å². The van der Waals surface area contributed by atoms with Crippen molar-refractivity contribution in [3.8, 4) is 0 Å². The molecular formula is C14H17FIN. The molecule has 1 N–H and O–H groups in total. The van der Waals surface area contributed by atoms with E-state index in [1.807, 2.05) is 25.1 Å². The highest BCUT2D eigenvalue weighted by molar-refractivity contribution is 14.1. The number of halogens is 2. The first-order valence-electron chi connectivity index (χ1n) is 5.57. The van der Waals surface area contributed by atoms with E-state index < -0.39 is 0 Å². The Hall–Kier alpha value is -0.840. The second-order valence-electron chi connectivity index (χ2n) is 3.68. The average molecular weight is 345 g/mol. The van der Waals surface area contributed by atoms with Crippen molar-refractivity contribution in [2.24, 2.45) is 0 Å². The average Bonchev–Trinajstić information content (AvgIpc) is 2.33. The van der Waals surface area contributed by atoms with Crippen LogP contribution in [0.1, 0.15) is 25.3 Å². The summed E-state index contributed by atoms with van der Waals surface area (Å²) in [6, 6.07) is 3.70. The summed E-state index contributed by atoms with van der Waals surface area (Å²) in [4.78, 5) is 0. The molecule has 0 saturated carbocycles. The summed E-state index contributed by atoms with van der Waals surface area (Å²) < 4.78 is 15.2. The molecule has 1 nitrogen and oxygen atoms in total. The molecule has 1 aromatic rings. The lowest BCUT2D eigenvalue weighted by atomic mass is 9.99. The third kappa shape index (κ3) is 3.31. The molecule has 0 saturated heterocycles. The summed E-state index contributed by atoms with van der Waals surface area (Å²) in [7, 11) is 1.73. The standard InChI is InChI=1S/C14H17FIN/c1-4-6-7-10(5-2)13-11(16)8-9-12(17-3)14(13)15/h4-5,8-9,17H,1,6-7H2,2-3H3/b10-5+. The lowest BCUT2D eigenvalue weighted by molar-refractivity contribution is 0.625. The minimum absolute atomic E-state index is 0.170. The highest BCUT2D eigenvalue weighted by Crippen LogP contribution is 2.31. The Morgan fingerprint density at radius 3 is 2.76 bits per heavy atom. The fraction of sp³-hybridized carbons (Fsp3) is 0.286. The van der Waals surface area contributed by atoms with Crippen LogP contribution in [-0.4, -0.2) is 7.05 Å². The highest BCUT2D eigenvalue weighted by atomic mass is 127. The van der Waals surface area contributed by atoms with Gasteiger partial charge in [0.2, 0.25) is 0 Å². The maximum absolute atomic E-state index is 14.3. The second-order valence-corrected chi connectivity index (χ2v) is 4.84. The van der Waals surface area contributed by atoms with Gasteiger partial charge in [0, 0.05) is 16.2 Å². The van der Waals surface area contributed by atoms with Crippen LogP contribution >= 0.6 is 22.6 Å². The Morgan fingerprint density at radius 2 is 2.24 bits per heavy atom. The van der Waals surface area contributed by atoms with Crippen LogP contribution in [0, 0.1) is 9.39 Å². The van der Waals surface area contributed by atoms with Crippen molar-refractivity contribution in [2.45, 2.75) is 19.8 Å². The van der Waals surface area contributed by atoms with Gasteiger partial charge in [-0.25, -0.2) is 4.39 Å². The zero-order valence-electron chi connectivity index (χ0n) is 10.2. The fourth-order valence-corrected chi connectivity index (χ4v) is 2.47. The minimum atomic E-state index is -0.170. The van der Waals surface area contributed by atoms with Gasteiger partial charge in [-0.15, -0.1) is 6.58 Å². The summed E-state index contributed by atoms with van der Waals surface area (Å²) in [5.74, 6) is -0.170. The molecule has 92 valence electrons. The zero-order valence-corrected chi connectivity index (χ0v) is 12.3. The van der Waals surface area contributed by atoms with Gasteiger partial charge in [-0.05, 0) is 60.1 Å². The number of nitrogens with one attached hydrogen (secondary N) is 1. The first-order valence-corrected chi connectivity index (χ1v) is 6.65. The first kappa shape index (κ1) is 14.2. The van der Waals surface area contributed by atoms with Gasteiger partial charge in [0.05, 0.1) is 5.69 Å². The molecule has 0 radical (unpaired) electrons. The van der Waals surface area contributed by atoms with Gasteiger partial charge in [0.25, 0.3) is 0 Å². The summed E-state index contributed by atoms with van der Waals surface area (Å²) in [6.07, 6.45) is 5.51. The van der Waals surface area contributed by atoms with Crippen molar-refractivity contribution < 1.29 is 4.39 Å². The molecule has 0 amide bonds. The topological polar surface area (TPSA) is 12.0 Å². The molecule has 1 rings (SSSR count). The number of anilines is 1. The van der Waals surface area contributed by atoms with E-state index in [1.165, 1.54) is 0 Å². The molecule has 0 unspecified atom stereocenters. The van der Waals surface area contributed by atoms with E-state index in [0.29, 0.717) is 11.3 Å². The number of allylic oxidation sites excluding steroid dienone is 3. The van der Waals surface area contributed by atoms with Gasteiger partial charge in [-0.1, -0.05) is 12.2 Å². The molecule has 0 atom stereocenters. The molecule has 0 aromatic heterocycles. The molecule has 3 heteroatoms. The molecular weight excluding hydrogens is 328 g/mol. The fourth-order valence-electron chi connectivity index (χ4n) is 1.71. The van der Waals surface area contributed by atoms with Crippen LogP contribution in [0.25, 0.3) is 5.57 Å². The summed E-state index contributed by atoms with van der Waals surface area (Å²) in [5, 5.41) is 2.87. The predicted molar refractivity (Wildman–Crippen MR) is 81.7 cm³/mol. The van der Waals surface area contributed by atoms with Crippen molar-refractivity contribution in [1.82, 2.24) is 0 Å². The van der Waals surface area contributed by atoms with E-state index in [-0.39, 0.29) is 5.82 Å². The quantitative estimate of drug-likeness (QED) is 0.595. The normalized spacial score (nSPS) is 11.4. The largest absolute Gasteiger partial charge is 0.386 e. The van der Waals surface area contributed by atoms with Crippen molar-refractivity contribution in [1.29, 1.82) is 0 Å². The van der Waals surface area contributed by atoms with Crippen molar-refractivity contribution in [3.05, 3.63) is 45.8 Å². The van der Waals surface area contributed by atoms with Crippen molar-refractivity contribution in [3.63, 3.8) is 0 Å². The third-order valence-corrected chi connectivity index (χ3v) is 3.55. The maximum Gasteiger partial charge on any atom is 0.154 e. The first-order chi connectivity index (χ1) is 8.15. The summed E-state index contributed by atoms with van der Waals surface area (Å²) in [6.45, 7) is 5.65. The van der Waals surface area contributed by atoms with E-state index in [2.05, 4.69) is 34.5 Å². The molecule has 0 aliphatic carbocycles. The van der Waals surface area contributed by atoms with Gasteiger partial charge in [0.1, 0.15) is 0 Å². The van der Waals surface area contributed by atoms with Crippen LogP contribution in [0.5, 0.6) is 0 Å². The van der Waals surface area contributed by atoms with Crippen LogP contribution in [0.4, 0.5) is 10.1 Å². The summed E-state index contributed by atoms with van der Waals surface area (Å²) >= 11 is 2.17. The maximum atomic E-state index is 14.3. The third-order valence-electron chi connectivity index (χ3n) is 2.65. The molecule has 0 fully saturated rings. The van der Waals surface area contributed by atoms with E-state index in [4.69, 9.17) is 0 Å². The Morgan fingerprint density at radius 1 is 1.53 bits per heavy atom. The number of hydrogen-bond donors (Lipinski definition) is 1. The number of hydrogen-bond acceptors (Lipinski definition) is 1. The van der Waals surface area contributed by atoms with Gasteiger partial charge < -0.3 is 5.32 Å². The summed E-state index contributed by atoms with van der Waals surface area (Å²) in [5.41, 5.74) is 2.28. The van der Waals surface area contributed by atoms with E-state index in [9.17, 15) is 4.39 Å². The molecule has 17 heavy (non-hydrogen) atoms. The Kier molecular flexibility index (Phi) is 5.68. The lowest BCUT2D eigenvalue weighted by Crippen LogP contribution is -2.00. The zero-order chi connectivity index (χ0) is 12.8.